The summed E-state index contributed by atoms with van der Waals surface area (Å²) < 4.78 is 27.8. The molecular weight excluding hydrogens is 476 g/mol. The molecule has 0 atom stereocenters. The largest absolute Gasteiger partial charge is 0.481 e. The number of aliphatic carboxylic acids is 1. The standard InChI is InChI=1S/C30H33F2NO2S/c1-21-6-7-24(15-22(21)2)16-25(26-17-27(31)19-28(32)18-26)5-3-4-14-36-29-10-8-23(9-11-29)20-33-13-12-30(34)35/h6-11,15-19,33H,3-5,12-14,20H2,1-2H3,(H,34,35)/b25-16+. The van der Waals surface area contributed by atoms with Gasteiger partial charge in [0.15, 0.2) is 0 Å². The average Bonchev–Trinajstić information content (AvgIpc) is 2.83. The number of unbranched alkanes of at least 4 members (excludes halogenated alkanes) is 1. The van der Waals surface area contributed by atoms with Crippen molar-refractivity contribution >= 4 is 29.4 Å². The van der Waals surface area contributed by atoms with Crippen LogP contribution in [0.1, 0.15) is 53.5 Å². The van der Waals surface area contributed by atoms with Crippen molar-refractivity contribution in [1.82, 2.24) is 5.32 Å². The van der Waals surface area contributed by atoms with Crippen LogP contribution >= 0.6 is 11.8 Å². The molecule has 6 heteroatoms. The molecular formula is C30H33F2NO2S. The van der Waals surface area contributed by atoms with E-state index in [4.69, 9.17) is 5.11 Å². The summed E-state index contributed by atoms with van der Waals surface area (Å²) in [5.41, 5.74) is 6.07. The summed E-state index contributed by atoms with van der Waals surface area (Å²) in [5.74, 6) is -0.977. The molecule has 0 fully saturated rings. The van der Waals surface area contributed by atoms with Crippen LogP contribution < -0.4 is 5.32 Å². The Kier molecular flexibility index (Phi) is 10.7. The lowest BCUT2D eigenvalue weighted by Gasteiger charge is -2.11. The third-order valence-corrected chi connectivity index (χ3v) is 7.08. The molecule has 0 heterocycles. The second-order valence-electron chi connectivity index (χ2n) is 8.94. The lowest BCUT2D eigenvalue weighted by Crippen LogP contribution is -2.17. The molecule has 0 bridgehead atoms. The van der Waals surface area contributed by atoms with E-state index >= 15 is 0 Å². The maximum absolute atomic E-state index is 13.9. The number of benzene rings is 3. The molecule has 0 saturated heterocycles. The van der Waals surface area contributed by atoms with Gasteiger partial charge in [0.25, 0.3) is 0 Å². The number of allylic oxidation sites excluding steroid dienone is 1. The molecule has 0 spiro atoms. The van der Waals surface area contributed by atoms with Gasteiger partial charge in [0.1, 0.15) is 11.6 Å². The minimum absolute atomic E-state index is 0.115. The number of hydrogen-bond acceptors (Lipinski definition) is 3. The zero-order valence-corrected chi connectivity index (χ0v) is 21.6. The average molecular weight is 510 g/mol. The van der Waals surface area contributed by atoms with Crippen molar-refractivity contribution in [3.8, 4) is 0 Å². The molecule has 0 radical (unpaired) electrons. The maximum atomic E-state index is 13.9. The maximum Gasteiger partial charge on any atom is 0.304 e. The molecule has 3 aromatic carbocycles. The van der Waals surface area contributed by atoms with Crippen molar-refractivity contribution in [3.05, 3.63) is 100 Å². The lowest BCUT2D eigenvalue weighted by atomic mass is 9.96. The second kappa shape index (κ2) is 14.0. The van der Waals surface area contributed by atoms with E-state index in [2.05, 4.69) is 55.6 Å². The Morgan fingerprint density at radius 1 is 0.917 bits per heavy atom. The number of aryl methyl sites for hydroxylation is 2. The molecule has 3 aromatic rings. The summed E-state index contributed by atoms with van der Waals surface area (Å²) in [4.78, 5) is 11.8. The van der Waals surface area contributed by atoms with Gasteiger partial charge in [-0.25, -0.2) is 8.78 Å². The fourth-order valence-corrected chi connectivity index (χ4v) is 4.75. The van der Waals surface area contributed by atoms with Gasteiger partial charge in [0.05, 0.1) is 6.42 Å². The summed E-state index contributed by atoms with van der Waals surface area (Å²) in [6.07, 6.45) is 4.77. The predicted octanol–water partition coefficient (Wildman–Crippen LogP) is 7.65. The zero-order chi connectivity index (χ0) is 25.9. The first-order valence-corrected chi connectivity index (χ1v) is 13.2. The SMILES string of the molecule is Cc1ccc(/C=C(\CCCCSc2ccc(CNCCC(=O)O)cc2)c2cc(F)cc(F)c2)cc1C. The van der Waals surface area contributed by atoms with Crippen molar-refractivity contribution in [1.29, 1.82) is 0 Å². The second-order valence-corrected chi connectivity index (χ2v) is 10.1. The van der Waals surface area contributed by atoms with Crippen LogP contribution in [0.5, 0.6) is 0 Å². The molecule has 0 amide bonds. The van der Waals surface area contributed by atoms with Crippen LogP contribution in [0.3, 0.4) is 0 Å². The predicted molar refractivity (Wildman–Crippen MR) is 145 cm³/mol. The fourth-order valence-electron chi connectivity index (χ4n) is 3.83. The number of halogens is 2. The molecule has 2 N–H and O–H groups in total. The van der Waals surface area contributed by atoms with Crippen LogP contribution in [-0.2, 0) is 11.3 Å². The fraction of sp³-hybridized carbons (Fsp3) is 0.300. The molecule has 36 heavy (non-hydrogen) atoms. The summed E-state index contributed by atoms with van der Waals surface area (Å²) in [6.45, 7) is 5.23. The van der Waals surface area contributed by atoms with Crippen LogP contribution in [0.15, 0.2) is 65.6 Å². The number of nitrogens with one attached hydrogen (secondary N) is 1. The van der Waals surface area contributed by atoms with E-state index in [1.54, 1.807) is 11.8 Å². The van der Waals surface area contributed by atoms with E-state index in [0.717, 1.165) is 47.8 Å². The molecule has 0 aliphatic rings. The van der Waals surface area contributed by atoms with Gasteiger partial charge < -0.3 is 10.4 Å². The summed E-state index contributed by atoms with van der Waals surface area (Å²) in [7, 11) is 0. The van der Waals surface area contributed by atoms with Crippen molar-refractivity contribution in [2.24, 2.45) is 0 Å². The van der Waals surface area contributed by atoms with E-state index in [1.807, 2.05) is 12.1 Å². The highest BCUT2D eigenvalue weighted by atomic mass is 32.2. The van der Waals surface area contributed by atoms with Crippen molar-refractivity contribution in [3.63, 3.8) is 0 Å². The number of carboxylic acid groups (broad SMARTS) is 1. The van der Waals surface area contributed by atoms with Crippen molar-refractivity contribution in [2.45, 2.75) is 51.0 Å². The molecule has 3 rings (SSSR count). The number of carboxylic acids is 1. The smallest absolute Gasteiger partial charge is 0.304 e. The number of carbonyl (C=O) groups is 1. The number of thioether (sulfide) groups is 1. The molecule has 0 aliphatic carbocycles. The van der Waals surface area contributed by atoms with Gasteiger partial charge in [-0.1, -0.05) is 36.4 Å². The Balaban J connectivity index is 1.54. The minimum atomic E-state index is -0.801. The monoisotopic (exact) mass is 509 g/mol. The first-order valence-electron chi connectivity index (χ1n) is 12.2. The zero-order valence-electron chi connectivity index (χ0n) is 20.8. The highest BCUT2D eigenvalue weighted by molar-refractivity contribution is 7.99. The van der Waals surface area contributed by atoms with E-state index in [9.17, 15) is 13.6 Å². The van der Waals surface area contributed by atoms with Crippen LogP contribution in [-0.4, -0.2) is 23.4 Å². The van der Waals surface area contributed by atoms with E-state index in [0.29, 0.717) is 18.7 Å². The van der Waals surface area contributed by atoms with Crippen LogP contribution in [0.2, 0.25) is 0 Å². The van der Waals surface area contributed by atoms with Gasteiger partial charge in [-0.2, -0.15) is 0 Å². The third kappa shape index (κ3) is 9.25. The highest BCUT2D eigenvalue weighted by Gasteiger charge is 2.08. The lowest BCUT2D eigenvalue weighted by molar-refractivity contribution is -0.136. The minimum Gasteiger partial charge on any atom is -0.481 e. The van der Waals surface area contributed by atoms with Gasteiger partial charge >= 0.3 is 5.97 Å². The van der Waals surface area contributed by atoms with Gasteiger partial charge in [0.2, 0.25) is 0 Å². The summed E-state index contributed by atoms with van der Waals surface area (Å²) in [6, 6.07) is 18.2. The van der Waals surface area contributed by atoms with E-state index < -0.39 is 17.6 Å². The highest BCUT2D eigenvalue weighted by Crippen LogP contribution is 2.27. The molecule has 0 saturated carbocycles. The Labute approximate surface area is 216 Å². The topological polar surface area (TPSA) is 49.3 Å². The normalized spacial score (nSPS) is 11.6. The Hall–Kier alpha value is -2.96. The van der Waals surface area contributed by atoms with E-state index in [1.165, 1.54) is 28.2 Å². The number of rotatable bonds is 13. The molecule has 0 aromatic heterocycles. The van der Waals surface area contributed by atoms with Crippen molar-refractivity contribution in [2.75, 3.05) is 12.3 Å². The van der Waals surface area contributed by atoms with Crippen LogP contribution in [0.25, 0.3) is 11.6 Å². The van der Waals surface area contributed by atoms with Crippen LogP contribution in [0, 0.1) is 25.5 Å². The first-order chi connectivity index (χ1) is 17.3. The summed E-state index contributed by atoms with van der Waals surface area (Å²) in [5, 5.41) is 11.8. The van der Waals surface area contributed by atoms with E-state index in [-0.39, 0.29) is 6.42 Å². The molecule has 190 valence electrons. The first kappa shape index (κ1) is 27.6. The molecule has 0 aliphatic heterocycles. The molecule has 0 unspecified atom stereocenters. The third-order valence-electron chi connectivity index (χ3n) is 5.98. The number of hydrogen-bond donors (Lipinski definition) is 2. The quantitative estimate of drug-likeness (QED) is 0.141. The van der Waals surface area contributed by atoms with Gasteiger partial charge in [0, 0.05) is 24.1 Å². The Bertz CT molecular complexity index is 1170. The Morgan fingerprint density at radius 2 is 1.64 bits per heavy atom. The van der Waals surface area contributed by atoms with Crippen molar-refractivity contribution < 1.29 is 18.7 Å². The van der Waals surface area contributed by atoms with Gasteiger partial charge in [-0.05, 0) is 96.5 Å². The van der Waals surface area contributed by atoms with Gasteiger partial charge in [-0.3, -0.25) is 4.79 Å². The summed E-state index contributed by atoms with van der Waals surface area (Å²) >= 11 is 1.78. The van der Waals surface area contributed by atoms with Gasteiger partial charge in [-0.15, -0.1) is 11.8 Å². The Morgan fingerprint density at radius 3 is 2.31 bits per heavy atom. The van der Waals surface area contributed by atoms with Crippen LogP contribution in [0.4, 0.5) is 8.78 Å². The molecule has 3 nitrogen and oxygen atoms in total.